The van der Waals surface area contributed by atoms with E-state index in [9.17, 15) is 9.18 Å². The third-order valence-electron chi connectivity index (χ3n) is 2.45. The number of carbonyl (C=O) groups is 1. The van der Waals surface area contributed by atoms with Gasteiger partial charge in [0.15, 0.2) is 11.5 Å². The minimum absolute atomic E-state index is 0.0109. The number of ether oxygens (including phenoxy) is 2. The number of hydrogen-bond donors (Lipinski definition) is 0. The van der Waals surface area contributed by atoms with Gasteiger partial charge in [0.2, 0.25) is 0 Å². The van der Waals surface area contributed by atoms with E-state index in [0.29, 0.717) is 24.7 Å². The molecule has 0 aromatic heterocycles. The van der Waals surface area contributed by atoms with Crippen molar-refractivity contribution >= 4 is 21.7 Å². The lowest BCUT2D eigenvalue weighted by Gasteiger charge is -2.13. The Morgan fingerprint density at radius 3 is 2.88 bits per heavy atom. The van der Waals surface area contributed by atoms with Crippen molar-refractivity contribution in [2.45, 2.75) is 19.8 Å². The number of ketones is 1. The van der Waals surface area contributed by atoms with E-state index in [0.717, 1.165) is 6.42 Å². The summed E-state index contributed by atoms with van der Waals surface area (Å²) < 4.78 is 25.2. The maximum absolute atomic E-state index is 13.9. The van der Waals surface area contributed by atoms with Gasteiger partial charge < -0.3 is 9.47 Å². The highest BCUT2D eigenvalue weighted by atomic mass is 79.9. The Hall–Kier alpha value is -1.10. The zero-order valence-electron chi connectivity index (χ0n) is 9.39. The van der Waals surface area contributed by atoms with Crippen LogP contribution < -0.4 is 9.47 Å². The van der Waals surface area contributed by atoms with Crippen LogP contribution in [0.5, 0.6) is 11.5 Å². The number of benzene rings is 1. The monoisotopic (exact) mass is 302 g/mol. The predicted octanol–water partition coefficient (Wildman–Crippen LogP) is 2.88. The van der Waals surface area contributed by atoms with E-state index in [2.05, 4.69) is 15.9 Å². The highest BCUT2D eigenvalue weighted by molar-refractivity contribution is 9.10. The van der Waals surface area contributed by atoms with Gasteiger partial charge in [-0.2, -0.15) is 0 Å². The van der Waals surface area contributed by atoms with Crippen molar-refractivity contribution < 1.29 is 18.7 Å². The first-order valence-electron chi connectivity index (χ1n) is 5.35. The van der Waals surface area contributed by atoms with Crippen molar-refractivity contribution in [3.05, 3.63) is 21.9 Å². The van der Waals surface area contributed by atoms with Crippen LogP contribution in [0, 0.1) is 5.82 Å². The SMILES string of the molecule is CC(=O)Cc1c(F)c(Br)cc2c1OCCCO2. The standard InChI is InChI=1S/C12H12BrFO3/c1-7(15)5-8-11(14)9(13)6-10-12(8)17-4-2-3-16-10/h6H,2-5H2,1H3. The fourth-order valence-electron chi connectivity index (χ4n) is 1.72. The maximum Gasteiger partial charge on any atom is 0.167 e. The largest absolute Gasteiger partial charge is 0.490 e. The highest BCUT2D eigenvalue weighted by Crippen LogP contribution is 2.39. The normalized spacial score (nSPS) is 14.3. The van der Waals surface area contributed by atoms with E-state index in [1.807, 2.05) is 0 Å². The predicted molar refractivity (Wildman–Crippen MR) is 64.1 cm³/mol. The van der Waals surface area contributed by atoms with Gasteiger partial charge in [0.25, 0.3) is 0 Å². The Morgan fingerprint density at radius 2 is 2.18 bits per heavy atom. The minimum Gasteiger partial charge on any atom is -0.490 e. The molecule has 0 saturated heterocycles. The molecule has 0 fully saturated rings. The molecule has 0 atom stereocenters. The second kappa shape index (κ2) is 5.04. The van der Waals surface area contributed by atoms with Crippen molar-refractivity contribution in [1.29, 1.82) is 0 Å². The van der Waals surface area contributed by atoms with Crippen LogP contribution >= 0.6 is 15.9 Å². The third kappa shape index (κ3) is 2.60. The fraction of sp³-hybridized carbons (Fsp3) is 0.417. The van der Waals surface area contributed by atoms with Gasteiger partial charge in [-0.25, -0.2) is 4.39 Å². The molecule has 0 N–H and O–H groups in total. The lowest BCUT2D eigenvalue weighted by atomic mass is 10.1. The number of rotatable bonds is 2. The molecule has 1 aromatic rings. The lowest BCUT2D eigenvalue weighted by Crippen LogP contribution is -2.05. The van der Waals surface area contributed by atoms with Crippen LogP contribution in [0.15, 0.2) is 10.5 Å². The summed E-state index contributed by atoms with van der Waals surface area (Å²) in [5.41, 5.74) is 0.267. The summed E-state index contributed by atoms with van der Waals surface area (Å²) in [6.07, 6.45) is 0.754. The molecule has 0 spiro atoms. The zero-order chi connectivity index (χ0) is 12.4. The van der Waals surface area contributed by atoms with Gasteiger partial charge in [-0.1, -0.05) is 0 Å². The average molecular weight is 303 g/mol. The molecule has 92 valence electrons. The van der Waals surface area contributed by atoms with Crippen LogP contribution in [0.4, 0.5) is 4.39 Å². The smallest absolute Gasteiger partial charge is 0.167 e. The molecule has 0 bridgehead atoms. The lowest BCUT2D eigenvalue weighted by molar-refractivity contribution is -0.116. The van der Waals surface area contributed by atoms with Crippen LogP contribution in [-0.4, -0.2) is 19.0 Å². The molecule has 1 aromatic carbocycles. The van der Waals surface area contributed by atoms with Crippen LogP contribution in [-0.2, 0) is 11.2 Å². The molecule has 17 heavy (non-hydrogen) atoms. The van der Waals surface area contributed by atoms with E-state index in [4.69, 9.17) is 9.47 Å². The molecule has 1 heterocycles. The maximum atomic E-state index is 13.9. The topological polar surface area (TPSA) is 35.5 Å². The Balaban J connectivity index is 2.53. The summed E-state index contributed by atoms with van der Waals surface area (Å²) in [5, 5.41) is 0. The van der Waals surface area contributed by atoms with Crippen molar-refractivity contribution in [3.8, 4) is 11.5 Å². The molecule has 0 radical (unpaired) electrons. The highest BCUT2D eigenvalue weighted by Gasteiger charge is 2.22. The summed E-state index contributed by atoms with van der Waals surface area (Å²) in [5.74, 6) is 0.284. The summed E-state index contributed by atoms with van der Waals surface area (Å²) in [7, 11) is 0. The first kappa shape index (κ1) is 12.4. The molecule has 0 aliphatic carbocycles. The fourth-order valence-corrected chi connectivity index (χ4v) is 2.17. The Kier molecular flexibility index (Phi) is 3.66. The Bertz CT molecular complexity index is 460. The van der Waals surface area contributed by atoms with Crippen molar-refractivity contribution in [2.24, 2.45) is 0 Å². The second-order valence-corrected chi connectivity index (χ2v) is 4.76. The van der Waals surface area contributed by atoms with Gasteiger partial charge in [-0.05, 0) is 22.9 Å². The van der Waals surface area contributed by atoms with Crippen LogP contribution in [0.2, 0.25) is 0 Å². The van der Waals surface area contributed by atoms with E-state index in [1.165, 1.54) is 6.92 Å². The average Bonchev–Trinajstić information content (AvgIpc) is 2.49. The van der Waals surface area contributed by atoms with E-state index < -0.39 is 5.82 Å². The van der Waals surface area contributed by atoms with Gasteiger partial charge in [0.05, 0.1) is 17.7 Å². The number of fused-ring (bicyclic) bond motifs is 1. The number of halogens is 2. The first-order chi connectivity index (χ1) is 8.09. The van der Waals surface area contributed by atoms with Crippen LogP contribution in [0.1, 0.15) is 18.9 Å². The molecular weight excluding hydrogens is 291 g/mol. The number of hydrogen-bond acceptors (Lipinski definition) is 3. The molecule has 1 aliphatic heterocycles. The molecule has 2 rings (SSSR count). The molecular formula is C12H12BrFO3. The Morgan fingerprint density at radius 1 is 1.47 bits per heavy atom. The molecule has 0 saturated carbocycles. The number of Topliss-reactive ketones (excluding diaryl/α,β-unsaturated/α-hetero) is 1. The quantitative estimate of drug-likeness (QED) is 0.843. The van der Waals surface area contributed by atoms with E-state index in [1.54, 1.807) is 6.07 Å². The van der Waals surface area contributed by atoms with Crippen molar-refractivity contribution in [1.82, 2.24) is 0 Å². The van der Waals surface area contributed by atoms with Crippen LogP contribution in [0.3, 0.4) is 0 Å². The summed E-state index contributed by atoms with van der Waals surface area (Å²) in [6, 6.07) is 1.54. The Labute approximate surface area is 107 Å². The van der Waals surface area contributed by atoms with Gasteiger partial charge >= 0.3 is 0 Å². The first-order valence-corrected chi connectivity index (χ1v) is 6.15. The molecule has 0 unspecified atom stereocenters. The third-order valence-corrected chi connectivity index (χ3v) is 3.03. The molecule has 5 heteroatoms. The van der Waals surface area contributed by atoms with Crippen molar-refractivity contribution in [3.63, 3.8) is 0 Å². The molecule has 1 aliphatic rings. The van der Waals surface area contributed by atoms with Crippen LogP contribution in [0.25, 0.3) is 0 Å². The minimum atomic E-state index is -0.454. The van der Waals surface area contributed by atoms with E-state index in [-0.39, 0.29) is 22.2 Å². The summed E-state index contributed by atoms with van der Waals surface area (Å²) >= 11 is 3.12. The van der Waals surface area contributed by atoms with E-state index >= 15 is 0 Å². The molecule has 0 amide bonds. The summed E-state index contributed by atoms with van der Waals surface area (Å²) in [6.45, 7) is 2.42. The van der Waals surface area contributed by atoms with Gasteiger partial charge in [-0.15, -0.1) is 0 Å². The summed E-state index contributed by atoms with van der Waals surface area (Å²) in [4.78, 5) is 11.2. The van der Waals surface area contributed by atoms with Gasteiger partial charge in [0, 0.05) is 24.5 Å². The van der Waals surface area contributed by atoms with Gasteiger partial charge in [0.1, 0.15) is 11.6 Å². The van der Waals surface area contributed by atoms with Crippen molar-refractivity contribution in [2.75, 3.05) is 13.2 Å². The molecule has 3 nitrogen and oxygen atoms in total. The second-order valence-electron chi connectivity index (χ2n) is 3.91. The van der Waals surface area contributed by atoms with Gasteiger partial charge in [-0.3, -0.25) is 4.79 Å². The number of carbonyl (C=O) groups excluding carboxylic acids is 1. The zero-order valence-corrected chi connectivity index (χ0v) is 11.0.